The van der Waals surface area contributed by atoms with Crippen LogP contribution in [0.5, 0.6) is 0 Å². The summed E-state index contributed by atoms with van der Waals surface area (Å²) in [5, 5.41) is 7.30. The van der Waals surface area contributed by atoms with Crippen LogP contribution in [-0.2, 0) is 0 Å². The van der Waals surface area contributed by atoms with E-state index in [0.29, 0.717) is 26.3 Å². The predicted octanol–water partition coefficient (Wildman–Crippen LogP) is 7.69. The monoisotopic (exact) mass is 458 g/mol. The van der Waals surface area contributed by atoms with Gasteiger partial charge in [-0.25, -0.2) is 4.98 Å². The summed E-state index contributed by atoms with van der Waals surface area (Å²) in [4.78, 5) is 17.1. The molecule has 144 valence electrons. The number of benzene rings is 3. The summed E-state index contributed by atoms with van der Waals surface area (Å²) in [6.45, 7) is 0. The second-order valence-corrected chi connectivity index (χ2v) is 8.31. The Morgan fingerprint density at radius 1 is 0.828 bits per heavy atom. The van der Waals surface area contributed by atoms with Crippen LogP contribution in [0.4, 0.5) is 5.69 Å². The van der Waals surface area contributed by atoms with E-state index < -0.39 is 0 Å². The molecule has 1 aromatic heterocycles. The second-order valence-electron chi connectivity index (χ2n) is 6.21. The first-order valence-electron chi connectivity index (χ1n) is 8.58. The third kappa shape index (κ3) is 4.62. The van der Waals surface area contributed by atoms with Crippen molar-refractivity contribution in [2.24, 2.45) is 0 Å². The minimum atomic E-state index is -0.186. The molecule has 0 saturated carbocycles. The first-order valence-corrected chi connectivity index (χ1v) is 10.6. The van der Waals surface area contributed by atoms with Gasteiger partial charge in [-0.05, 0) is 48.5 Å². The number of aromatic nitrogens is 1. The molecule has 0 unspecified atom stereocenters. The Labute approximate surface area is 186 Å². The number of nitrogens with one attached hydrogen (secondary N) is 1. The topological polar surface area (TPSA) is 42.0 Å². The SMILES string of the molecule is O=C(Nc1ccc(Cl)cc1)c1ccc(-c2nc(-c3ccc(Cl)c(Cl)c3)cs2)cc1. The van der Waals surface area contributed by atoms with Gasteiger partial charge in [0.2, 0.25) is 0 Å². The molecule has 4 aromatic rings. The quantitative estimate of drug-likeness (QED) is 0.340. The van der Waals surface area contributed by atoms with E-state index in [1.165, 1.54) is 11.3 Å². The Hall–Kier alpha value is -2.37. The highest BCUT2D eigenvalue weighted by molar-refractivity contribution is 7.13. The van der Waals surface area contributed by atoms with E-state index in [1.807, 2.05) is 23.6 Å². The summed E-state index contributed by atoms with van der Waals surface area (Å²) in [5.74, 6) is -0.186. The minimum absolute atomic E-state index is 0.186. The Bertz CT molecular complexity index is 1170. The molecule has 0 spiro atoms. The van der Waals surface area contributed by atoms with Gasteiger partial charge in [0.25, 0.3) is 5.91 Å². The van der Waals surface area contributed by atoms with Gasteiger partial charge in [-0.3, -0.25) is 4.79 Å². The number of halogens is 3. The highest BCUT2D eigenvalue weighted by Crippen LogP contribution is 2.32. The van der Waals surface area contributed by atoms with Gasteiger partial charge in [-0.2, -0.15) is 0 Å². The van der Waals surface area contributed by atoms with Crippen molar-refractivity contribution < 1.29 is 4.79 Å². The third-order valence-electron chi connectivity index (χ3n) is 4.22. The summed E-state index contributed by atoms with van der Waals surface area (Å²) in [7, 11) is 0. The van der Waals surface area contributed by atoms with Crippen molar-refractivity contribution in [3.63, 3.8) is 0 Å². The van der Waals surface area contributed by atoms with Crippen molar-refractivity contribution in [3.05, 3.63) is 92.7 Å². The lowest BCUT2D eigenvalue weighted by molar-refractivity contribution is 0.102. The number of nitrogens with zero attached hydrogens (tertiary/aromatic N) is 1. The molecule has 0 bridgehead atoms. The zero-order chi connectivity index (χ0) is 20.4. The van der Waals surface area contributed by atoms with Gasteiger partial charge in [0.05, 0.1) is 15.7 Å². The Balaban J connectivity index is 1.50. The fourth-order valence-electron chi connectivity index (χ4n) is 2.70. The molecule has 0 saturated heterocycles. The maximum absolute atomic E-state index is 12.4. The van der Waals surface area contributed by atoms with E-state index in [1.54, 1.807) is 48.5 Å². The lowest BCUT2D eigenvalue weighted by atomic mass is 10.1. The number of hydrogen-bond acceptors (Lipinski definition) is 3. The van der Waals surface area contributed by atoms with E-state index in [0.717, 1.165) is 21.8 Å². The molecular formula is C22H13Cl3N2OS. The molecular weight excluding hydrogens is 447 g/mol. The highest BCUT2D eigenvalue weighted by atomic mass is 35.5. The molecule has 3 nitrogen and oxygen atoms in total. The lowest BCUT2D eigenvalue weighted by Crippen LogP contribution is -2.11. The molecule has 0 aliphatic heterocycles. The van der Waals surface area contributed by atoms with Crippen LogP contribution in [0.3, 0.4) is 0 Å². The van der Waals surface area contributed by atoms with Crippen LogP contribution >= 0.6 is 46.1 Å². The zero-order valence-corrected chi connectivity index (χ0v) is 17.9. The molecule has 0 aliphatic rings. The first kappa shape index (κ1) is 19.9. The standard InChI is InChI=1S/C22H13Cl3N2OS/c23-16-6-8-17(9-7-16)26-21(28)13-1-3-14(4-2-13)22-27-20(12-29-22)15-5-10-18(24)19(25)11-15/h1-12H,(H,26,28). The predicted molar refractivity (Wildman–Crippen MR) is 122 cm³/mol. The minimum Gasteiger partial charge on any atom is -0.322 e. The number of rotatable bonds is 4. The van der Waals surface area contributed by atoms with Crippen LogP contribution in [0.15, 0.2) is 72.1 Å². The maximum Gasteiger partial charge on any atom is 0.255 e. The lowest BCUT2D eigenvalue weighted by Gasteiger charge is -2.06. The average Bonchev–Trinajstić information content (AvgIpc) is 3.22. The number of anilines is 1. The van der Waals surface area contributed by atoms with Gasteiger partial charge in [0, 0.05) is 32.8 Å². The van der Waals surface area contributed by atoms with E-state index in [-0.39, 0.29) is 5.91 Å². The van der Waals surface area contributed by atoms with Crippen molar-refractivity contribution in [1.29, 1.82) is 0 Å². The summed E-state index contributed by atoms with van der Waals surface area (Å²) < 4.78 is 0. The number of hydrogen-bond donors (Lipinski definition) is 1. The Morgan fingerprint density at radius 2 is 1.52 bits per heavy atom. The van der Waals surface area contributed by atoms with E-state index >= 15 is 0 Å². The molecule has 1 N–H and O–H groups in total. The molecule has 0 aliphatic carbocycles. The van der Waals surface area contributed by atoms with E-state index in [4.69, 9.17) is 34.8 Å². The van der Waals surface area contributed by atoms with Gasteiger partial charge in [0.1, 0.15) is 5.01 Å². The van der Waals surface area contributed by atoms with Crippen molar-refractivity contribution in [1.82, 2.24) is 4.98 Å². The zero-order valence-electron chi connectivity index (χ0n) is 14.8. The second kappa shape index (κ2) is 8.56. The molecule has 0 radical (unpaired) electrons. The molecule has 3 aromatic carbocycles. The molecule has 7 heteroatoms. The van der Waals surface area contributed by atoms with Crippen molar-refractivity contribution in [3.8, 4) is 21.8 Å². The third-order valence-corrected chi connectivity index (χ3v) is 6.10. The average molecular weight is 460 g/mol. The number of carbonyl (C=O) groups is 1. The number of amides is 1. The fraction of sp³-hybridized carbons (Fsp3) is 0. The van der Waals surface area contributed by atoms with Gasteiger partial charge in [-0.15, -0.1) is 11.3 Å². The normalized spacial score (nSPS) is 10.7. The van der Waals surface area contributed by atoms with E-state index in [9.17, 15) is 4.79 Å². The van der Waals surface area contributed by atoms with Crippen LogP contribution in [0.25, 0.3) is 21.8 Å². The van der Waals surface area contributed by atoms with Gasteiger partial charge >= 0.3 is 0 Å². The summed E-state index contributed by atoms with van der Waals surface area (Å²) in [6.07, 6.45) is 0. The number of thiazole rings is 1. The smallest absolute Gasteiger partial charge is 0.255 e. The van der Waals surface area contributed by atoms with Gasteiger partial charge < -0.3 is 5.32 Å². The molecule has 0 atom stereocenters. The first-order chi connectivity index (χ1) is 14.0. The molecule has 29 heavy (non-hydrogen) atoms. The van der Waals surface area contributed by atoms with E-state index in [2.05, 4.69) is 10.3 Å². The van der Waals surface area contributed by atoms with Crippen LogP contribution in [0.1, 0.15) is 10.4 Å². The summed E-state index contributed by atoms with van der Waals surface area (Å²) in [6, 6.07) is 19.7. The molecule has 1 amide bonds. The van der Waals surface area contributed by atoms with Crippen LogP contribution in [0, 0.1) is 0 Å². The van der Waals surface area contributed by atoms with Gasteiger partial charge in [0.15, 0.2) is 0 Å². The van der Waals surface area contributed by atoms with Crippen LogP contribution in [-0.4, -0.2) is 10.9 Å². The van der Waals surface area contributed by atoms with Crippen LogP contribution < -0.4 is 5.32 Å². The largest absolute Gasteiger partial charge is 0.322 e. The Morgan fingerprint density at radius 3 is 2.21 bits per heavy atom. The molecule has 0 fully saturated rings. The maximum atomic E-state index is 12.4. The van der Waals surface area contributed by atoms with Crippen molar-refractivity contribution in [2.75, 3.05) is 5.32 Å². The van der Waals surface area contributed by atoms with Gasteiger partial charge in [-0.1, -0.05) is 53.0 Å². The molecule has 4 rings (SSSR count). The van der Waals surface area contributed by atoms with Crippen molar-refractivity contribution in [2.45, 2.75) is 0 Å². The number of carbonyl (C=O) groups excluding carboxylic acids is 1. The highest BCUT2D eigenvalue weighted by Gasteiger charge is 2.10. The molecule has 1 heterocycles. The fourth-order valence-corrected chi connectivity index (χ4v) is 3.95. The van der Waals surface area contributed by atoms with Crippen molar-refractivity contribution >= 4 is 57.7 Å². The Kier molecular flexibility index (Phi) is 5.88. The summed E-state index contributed by atoms with van der Waals surface area (Å²) >= 11 is 19.5. The van der Waals surface area contributed by atoms with Crippen LogP contribution in [0.2, 0.25) is 15.1 Å². The summed E-state index contributed by atoms with van der Waals surface area (Å²) in [5.41, 5.74) is 3.91.